The number of aromatic nitrogens is 3. The van der Waals surface area contributed by atoms with Gasteiger partial charge in [0.1, 0.15) is 10.7 Å². The molecule has 1 aromatic carbocycles. The Bertz CT molecular complexity index is 745. The van der Waals surface area contributed by atoms with Crippen LogP contribution in [-0.2, 0) is 4.79 Å². The summed E-state index contributed by atoms with van der Waals surface area (Å²) in [4.78, 5) is 15.5. The number of thioether (sulfide) groups is 1. The van der Waals surface area contributed by atoms with Gasteiger partial charge in [0.25, 0.3) is 0 Å². The molecular weight excluding hydrogens is 374 g/mol. The van der Waals surface area contributed by atoms with Gasteiger partial charge in [-0.2, -0.15) is 0 Å². The molecule has 0 unspecified atom stereocenters. The summed E-state index contributed by atoms with van der Waals surface area (Å²) in [5.74, 6) is -0.310. The highest BCUT2D eigenvalue weighted by atomic mass is 79.9. The number of rotatable bonds is 5. The third kappa shape index (κ3) is 3.80. The van der Waals surface area contributed by atoms with Crippen molar-refractivity contribution in [2.24, 2.45) is 0 Å². The third-order valence-electron chi connectivity index (χ3n) is 2.56. The molecule has 2 aromatic rings. The van der Waals surface area contributed by atoms with E-state index in [-0.39, 0.29) is 16.4 Å². The molecule has 0 amide bonds. The minimum Gasteiger partial charge on any atom is -0.503 e. The number of aliphatic carboxylic acids is 1. The number of benzene rings is 1. The first-order valence-corrected chi connectivity index (χ1v) is 7.60. The van der Waals surface area contributed by atoms with Gasteiger partial charge in [-0.15, -0.1) is 5.10 Å². The second-order valence-corrected chi connectivity index (χ2v) is 6.04. The lowest BCUT2D eigenvalue weighted by Gasteiger charge is -2.07. The van der Waals surface area contributed by atoms with Crippen LogP contribution in [-0.4, -0.2) is 38.5 Å². The standard InChI is InChI=1S/C13H12BrN3O4S/c1-6-15-13(17-16-6)22-10(12(19)20)5-7-3-8(14)11(18)9(4-7)21-2/h3-5,18H,1-2H3,(H,19,20)(H,15,16,17)/b10-5+. The van der Waals surface area contributed by atoms with Gasteiger partial charge in [0, 0.05) is 0 Å². The largest absolute Gasteiger partial charge is 0.503 e. The van der Waals surface area contributed by atoms with E-state index in [0.29, 0.717) is 21.0 Å². The molecule has 0 radical (unpaired) electrons. The number of H-pyrrole nitrogens is 1. The number of carboxylic acid groups (broad SMARTS) is 1. The van der Waals surface area contributed by atoms with Crippen LogP contribution in [0.15, 0.2) is 26.7 Å². The zero-order valence-electron chi connectivity index (χ0n) is 11.6. The highest BCUT2D eigenvalue weighted by Crippen LogP contribution is 2.36. The van der Waals surface area contributed by atoms with Gasteiger partial charge in [-0.25, -0.2) is 9.78 Å². The van der Waals surface area contributed by atoms with E-state index < -0.39 is 5.97 Å². The number of carboxylic acids is 1. The molecule has 0 spiro atoms. The van der Waals surface area contributed by atoms with Gasteiger partial charge in [-0.05, 0) is 58.4 Å². The van der Waals surface area contributed by atoms with E-state index in [1.165, 1.54) is 19.3 Å². The number of aromatic hydroxyl groups is 1. The van der Waals surface area contributed by atoms with E-state index in [9.17, 15) is 15.0 Å². The number of methoxy groups -OCH3 is 1. The van der Waals surface area contributed by atoms with Crippen molar-refractivity contribution >= 4 is 39.7 Å². The maximum atomic E-state index is 11.4. The van der Waals surface area contributed by atoms with Crippen LogP contribution in [0.25, 0.3) is 6.08 Å². The Morgan fingerprint density at radius 2 is 2.23 bits per heavy atom. The molecule has 22 heavy (non-hydrogen) atoms. The Morgan fingerprint density at radius 3 is 2.77 bits per heavy atom. The van der Waals surface area contributed by atoms with Crippen molar-refractivity contribution in [2.75, 3.05) is 7.11 Å². The maximum absolute atomic E-state index is 11.4. The Balaban J connectivity index is 2.38. The summed E-state index contributed by atoms with van der Waals surface area (Å²) in [6, 6.07) is 3.12. The minimum absolute atomic E-state index is 0.0404. The quantitative estimate of drug-likeness (QED) is 0.536. The van der Waals surface area contributed by atoms with Gasteiger partial charge in [0.15, 0.2) is 11.5 Å². The van der Waals surface area contributed by atoms with Gasteiger partial charge in [-0.3, -0.25) is 5.10 Å². The van der Waals surface area contributed by atoms with E-state index in [0.717, 1.165) is 11.8 Å². The number of hydrogen-bond acceptors (Lipinski definition) is 6. The summed E-state index contributed by atoms with van der Waals surface area (Å²) >= 11 is 4.12. The summed E-state index contributed by atoms with van der Waals surface area (Å²) < 4.78 is 5.44. The normalized spacial score (nSPS) is 11.5. The molecule has 0 aliphatic rings. The molecule has 0 saturated heterocycles. The number of aromatic amines is 1. The van der Waals surface area contributed by atoms with Crippen LogP contribution in [0.5, 0.6) is 11.5 Å². The monoisotopic (exact) mass is 385 g/mol. The number of carbonyl (C=O) groups is 1. The second-order valence-electron chi connectivity index (χ2n) is 4.17. The molecule has 1 aromatic heterocycles. The molecule has 0 aliphatic carbocycles. The van der Waals surface area contributed by atoms with E-state index in [1.54, 1.807) is 13.0 Å². The van der Waals surface area contributed by atoms with Crippen LogP contribution in [0.1, 0.15) is 11.4 Å². The first kappa shape index (κ1) is 16.4. The fourth-order valence-corrected chi connectivity index (χ4v) is 2.80. The molecule has 3 N–H and O–H groups in total. The number of aryl methyl sites for hydroxylation is 1. The summed E-state index contributed by atoms with van der Waals surface area (Å²) in [7, 11) is 1.41. The number of nitrogens with zero attached hydrogens (tertiary/aromatic N) is 2. The van der Waals surface area contributed by atoms with Crippen LogP contribution in [0.4, 0.5) is 0 Å². The first-order chi connectivity index (χ1) is 10.4. The van der Waals surface area contributed by atoms with Crippen LogP contribution in [0, 0.1) is 6.92 Å². The van der Waals surface area contributed by atoms with Crippen molar-refractivity contribution in [3.63, 3.8) is 0 Å². The van der Waals surface area contributed by atoms with Crippen molar-refractivity contribution in [2.45, 2.75) is 12.1 Å². The zero-order chi connectivity index (χ0) is 16.3. The fourth-order valence-electron chi connectivity index (χ4n) is 1.59. The molecule has 9 heteroatoms. The third-order valence-corrected chi connectivity index (χ3v) is 4.04. The van der Waals surface area contributed by atoms with Crippen LogP contribution < -0.4 is 4.74 Å². The molecule has 0 atom stereocenters. The summed E-state index contributed by atoms with van der Waals surface area (Å²) in [5, 5.41) is 25.9. The number of phenols is 1. The Labute approximate surface area is 138 Å². The molecule has 1 heterocycles. The molecule has 7 nitrogen and oxygen atoms in total. The van der Waals surface area contributed by atoms with Crippen molar-refractivity contribution < 1.29 is 19.7 Å². The molecule has 0 fully saturated rings. The van der Waals surface area contributed by atoms with E-state index in [4.69, 9.17) is 4.74 Å². The Kier molecular flexibility index (Phi) is 5.09. The average Bonchev–Trinajstić information content (AvgIpc) is 2.87. The van der Waals surface area contributed by atoms with Crippen LogP contribution >= 0.6 is 27.7 Å². The lowest BCUT2D eigenvalue weighted by molar-refractivity contribution is -0.131. The van der Waals surface area contributed by atoms with E-state index in [2.05, 4.69) is 31.1 Å². The zero-order valence-corrected chi connectivity index (χ0v) is 14.0. The SMILES string of the molecule is COc1cc(/C=C(/Sc2n[nH]c(C)n2)C(=O)O)cc(Br)c1O. The molecule has 2 rings (SSSR count). The van der Waals surface area contributed by atoms with Crippen LogP contribution in [0.2, 0.25) is 0 Å². The Morgan fingerprint density at radius 1 is 1.50 bits per heavy atom. The number of hydrogen-bond donors (Lipinski definition) is 3. The van der Waals surface area contributed by atoms with E-state index in [1.807, 2.05) is 0 Å². The topological polar surface area (TPSA) is 108 Å². The van der Waals surface area contributed by atoms with Gasteiger partial charge >= 0.3 is 5.97 Å². The summed E-state index contributed by atoms with van der Waals surface area (Å²) in [6.45, 7) is 1.73. The number of nitrogens with one attached hydrogen (secondary N) is 1. The highest BCUT2D eigenvalue weighted by molar-refractivity contribution is 9.10. The number of phenolic OH excluding ortho intramolecular Hbond substituents is 1. The lowest BCUT2D eigenvalue weighted by Crippen LogP contribution is -1.97. The minimum atomic E-state index is -1.10. The van der Waals surface area contributed by atoms with Crippen molar-refractivity contribution in [3.05, 3.63) is 32.9 Å². The fraction of sp³-hybridized carbons (Fsp3) is 0.154. The smallest absolute Gasteiger partial charge is 0.342 e. The van der Waals surface area contributed by atoms with Gasteiger partial charge in [-0.1, -0.05) is 0 Å². The second kappa shape index (κ2) is 6.84. The van der Waals surface area contributed by atoms with Gasteiger partial charge < -0.3 is 14.9 Å². The van der Waals surface area contributed by atoms with Crippen molar-refractivity contribution in [1.29, 1.82) is 0 Å². The predicted molar refractivity (Wildman–Crippen MR) is 84.9 cm³/mol. The lowest BCUT2D eigenvalue weighted by atomic mass is 10.2. The summed E-state index contributed by atoms with van der Waals surface area (Å²) in [6.07, 6.45) is 1.45. The predicted octanol–water partition coefficient (Wildman–Crippen LogP) is 2.81. The maximum Gasteiger partial charge on any atom is 0.342 e. The molecular formula is C13H12BrN3O4S. The molecule has 0 bridgehead atoms. The first-order valence-electron chi connectivity index (χ1n) is 5.99. The van der Waals surface area contributed by atoms with Crippen LogP contribution in [0.3, 0.4) is 0 Å². The Hall–Kier alpha value is -2.00. The average molecular weight is 386 g/mol. The van der Waals surface area contributed by atoms with Crippen molar-refractivity contribution in [3.8, 4) is 11.5 Å². The molecule has 0 saturated carbocycles. The number of halogens is 1. The highest BCUT2D eigenvalue weighted by Gasteiger charge is 2.14. The van der Waals surface area contributed by atoms with Crippen molar-refractivity contribution in [1.82, 2.24) is 15.2 Å². The number of ether oxygens (including phenoxy) is 1. The van der Waals surface area contributed by atoms with Gasteiger partial charge in [0.05, 0.1) is 11.6 Å². The summed E-state index contributed by atoms with van der Waals surface area (Å²) in [5.41, 5.74) is 0.554. The van der Waals surface area contributed by atoms with E-state index >= 15 is 0 Å². The van der Waals surface area contributed by atoms with Gasteiger partial charge in [0.2, 0.25) is 5.16 Å². The molecule has 116 valence electrons. The molecule has 0 aliphatic heterocycles.